The molecule has 0 fully saturated rings. The molecule has 0 atom stereocenters. The van der Waals surface area contributed by atoms with Gasteiger partial charge in [-0.15, -0.1) is 0 Å². The Balaban J connectivity index is 2.39. The third-order valence-electron chi connectivity index (χ3n) is 2.40. The van der Waals surface area contributed by atoms with E-state index in [0.717, 1.165) is 23.3 Å². The van der Waals surface area contributed by atoms with Crippen LogP contribution < -0.4 is 4.74 Å². The topological polar surface area (TPSA) is 26.3 Å². The largest absolute Gasteiger partial charge is 0.491 e. The molecule has 1 aromatic rings. The Hall–Kier alpha value is -1.31. The van der Waals surface area contributed by atoms with E-state index in [0.29, 0.717) is 6.42 Å². The molecule has 2 nitrogen and oxygen atoms in total. The van der Waals surface area contributed by atoms with Crippen LogP contribution in [0, 0.1) is 0 Å². The average Bonchev–Trinajstić information content (AvgIpc) is 2.49. The van der Waals surface area contributed by atoms with Crippen molar-refractivity contribution in [3.8, 4) is 5.75 Å². The van der Waals surface area contributed by atoms with Gasteiger partial charge < -0.3 is 4.74 Å². The Bertz CT molecular complexity index is 367. The second kappa shape index (κ2) is 3.45. The molecule has 2 rings (SSSR count). The highest BCUT2D eigenvalue weighted by molar-refractivity contribution is 6.01. The summed E-state index contributed by atoms with van der Waals surface area (Å²) in [6.07, 6.45) is 1.63. The number of benzene rings is 1. The van der Waals surface area contributed by atoms with Gasteiger partial charge in [0, 0.05) is 17.5 Å². The standard InChI is InChI=1S/C12H14O2/c1-8(2)14-12-5-3-4-9-10(12)6-7-11(9)13/h3-5,8H,6-7H2,1-2H3. The van der Waals surface area contributed by atoms with E-state index in [1.54, 1.807) is 0 Å². The first-order valence-corrected chi connectivity index (χ1v) is 5.00. The van der Waals surface area contributed by atoms with Crippen LogP contribution in [0.3, 0.4) is 0 Å². The number of carbonyl (C=O) groups excluding carboxylic acids is 1. The molecule has 0 aliphatic heterocycles. The van der Waals surface area contributed by atoms with Crippen molar-refractivity contribution in [1.82, 2.24) is 0 Å². The van der Waals surface area contributed by atoms with Gasteiger partial charge >= 0.3 is 0 Å². The van der Waals surface area contributed by atoms with Gasteiger partial charge in [-0.1, -0.05) is 12.1 Å². The van der Waals surface area contributed by atoms with Gasteiger partial charge in [0.05, 0.1) is 6.10 Å². The summed E-state index contributed by atoms with van der Waals surface area (Å²) >= 11 is 0. The highest BCUT2D eigenvalue weighted by Gasteiger charge is 2.22. The molecule has 1 aliphatic carbocycles. The van der Waals surface area contributed by atoms with Crippen molar-refractivity contribution >= 4 is 5.78 Å². The molecule has 1 aromatic carbocycles. The zero-order valence-corrected chi connectivity index (χ0v) is 8.54. The van der Waals surface area contributed by atoms with Gasteiger partial charge in [0.2, 0.25) is 0 Å². The first-order valence-electron chi connectivity index (χ1n) is 5.00. The quantitative estimate of drug-likeness (QED) is 0.716. The minimum absolute atomic E-state index is 0.164. The lowest BCUT2D eigenvalue weighted by Crippen LogP contribution is -2.07. The molecule has 0 spiro atoms. The van der Waals surface area contributed by atoms with E-state index in [1.165, 1.54) is 0 Å². The number of fused-ring (bicyclic) bond motifs is 1. The van der Waals surface area contributed by atoms with E-state index in [1.807, 2.05) is 32.0 Å². The first-order chi connectivity index (χ1) is 6.68. The fourth-order valence-corrected chi connectivity index (χ4v) is 1.82. The number of carbonyl (C=O) groups is 1. The molecule has 2 heteroatoms. The maximum atomic E-state index is 11.4. The maximum Gasteiger partial charge on any atom is 0.163 e. The van der Waals surface area contributed by atoms with Crippen LogP contribution in [-0.2, 0) is 6.42 Å². The molecule has 74 valence electrons. The smallest absolute Gasteiger partial charge is 0.163 e. The summed E-state index contributed by atoms with van der Waals surface area (Å²) in [5, 5.41) is 0. The SMILES string of the molecule is CC(C)Oc1cccc2c1CCC2=O. The van der Waals surface area contributed by atoms with Crippen molar-refractivity contribution in [2.75, 3.05) is 0 Å². The Morgan fingerprint density at radius 1 is 1.29 bits per heavy atom. The molecule has 0 aromatic heterocycles. The molecular weight excluding hydrogens is 176 g/mol. The van der Waals surface area contributed by atoms with Crippen molar-refractivity contribution in [3.05, 3.63) is 29.3 Å². The second-order valence-corrected chi connectivity index (χ2v) is 3.87. The fraction of sp³-hybridized carbons (Fsp3) is 0.417. The van der Waals surface area contributed by atoms with E-state index in [4.69, 9.17) is 4.74 Å². The molecule has 0 radical (unpaired) electrons. The number of ketones is 1. The number of Topliss-reactive ketones (excluding diaryl/α,β-unsaturated/α-hetero) is 1. The van der Waals surface area contributed by atoms with E-state index < -0.39 is 0 Å². The predicted molar refractivity (Wildman–Crippen MR) is 54.9 cm³/mol. The van der Waals surface area contributed by atoms with Gasteiger partial charge in [0.15, 0.2) is 5.78 Å². The summed E-state index contributed by atoms with van der Waals surface area (Å²) in [5.74, 6) is 1.12. The summed E-state index contributed by atoms with van der Waals surface area (Å²) in [4.78, 5) is 11.4. The lowest BCUT2D eigenvalue weighted by atomic mass is 10.1. The van der Waals surface area contributed by atoms with Gasteiger partial charge in [0.25, 0.3) is 0 Å². The van der Waals surface area contributed by atoms with Crippen LogP contribution in [0.2, 0.25) is 0 Å². The van der Waals surface area contributed by atoms with E-state index in [9.17, 15) is 4.79 Å². The highest BCUT2D eigenvalue weighted by Crippen LogP contribution is 2.30. The molecule has 0 N–H and O–H groups in total. The third-order valence-corrected chi connectivity index (χ3v) is 2.40. The van der Waals surface area contributed by atoms with Gasteiger partial charge in [0.1, 0.15) is 5.75 Å². The average molecular weight is 190 g/mol. The summed E-state index contributed by atoms with van der Waals surface area (Å²) in [6.45, 7) is 3.99. The van der Waals surface area contributed by atoms with Crippen LogP contribution >= 0.6 is 0 Å². The normalized spacial score (nSPS) is 14.6. The molecule has 0 amide bonds. The molecule has 0 saturated carbocycles. The molecule has 14 heavy (non-hydrogen) atoms. The van der Waals surface area contributed by atoms with Crippen molar-refractivity contribution in [1.29, 1.82) is 0 Å². The maximum absolute atomic E-state index is 11.4. The van der Waals surface area contributed by atoms with Crippen LogP contribution in [0.4, 0.5) is 0 Å². The van der Waals surface area contributed by atoms with Crippen LogP contribution in [0.25, 0.3) is 0 Å². The Morgan fingerprint density at radius 3 is 2.79 bits per heavy atom. The first kappa shape index (κ1) is 9.25. The van der Waals surface area contributed by atoms with Crippen LogP contribution in [0.15, 0.2) is 18.2 Å². The van der Waals surface area contributed by atoms with E-state index in [-0.39, 0.29) is 11.9 Å². The summed E-state index contributed by atoms with van der Waals surface area (Å²) < 4.78 is 5.65. The van der Waals surface area contributed by atoms with Crippen LogP contribution in [0.5, 0.6) is 5.75 Å². The van der Waals surface area contributed by atoms with E-state index >= 15 is 0 Å². The minimum atomic E-state index is 0.164. The Labute approximate surface area is 83.9 Å². The zero-order valence-electron chi connectivity index (χ0n) is 8.54. The van der Waals surface area contributed by atoms with Crippen molar-refractivity contribution in [3.63, 3.8) is 0 Å². The number of ether oxygens (including phenoxy) is 1. The molecule has 0 saturated heterocycles. The van der Waals surface area contributed by atoms with Crippen LogP contribution in [-0.4, -0.2) is 11.9 Å². The fourth-order valence-electron chi connectivity index (χ4n) is 1.82. The van der Waals surface area contributed by atoms with Gasteiger partial charge in [-0.3, -0.25) is 4.79 Å². The zero-order chi connectivity index (χ0) is 10.1. The van der Waals surface area contributed by atoms with Gasteiger partial charge in [-0.25, -0.2) is 0 Å². The number of hydrogen-bond donors (Lipinski definition) is 0. The molecule has 0 unspecified atom stereocenters. The molecular formula is C12H14O2. The molecule has 0 bridgehead atoms. The summed E-state index contributed by atoms with van der Waals surface area (Å²) in [7, 11) is 0. The summed E-state index contributed by atoms with van der Waals surface area (Å²) in [5.41, 5.74) is 1.94. The number of hydrogen-bond acceptors (Lipinski definition) is 2. The Kier molecular flexibility index (Phi) is 2.28. The van der Waals surface area contributed by atoms with Gasteiger partial charge in [-0.2, -0.15) is 0 Å². The predicted octanol–water partition coefficient (Wildman–Crippen LogP) is 2.60. The Morgan fingerprint density at radius 2 is 2.07 bits per heavy atom. The van der Waals surface area contributed by atoms with Crippen molar-refractivity contribution in [2.45, 2.75) is 32.8 Å². The monoisotopic (exact) mass is 190 g/mol. The molecule has 1 aliphatic rings. The summed E-state index contributed by atoms with van der Waals surface area (Å²) in [6, 6.07) is 5.72. The van der Waals surface area contributed by atoms with Crippen molar-refractivity contribution in [2.24, 2.45) is 0 Å². The van der Waals surface area contributed by atoms with Crippen molar-refractivity contribution < 1.29 is 9.53 Å². The van der Waals surface area contributed by atoms with Gasteiger partial charge in [-0.05, 0) is 26.3 Å². The third kappa shape index (κ3) is 1.52. The molecule has 0 heterocycles. The lowest BCUT2D eigenvalue weighted by molar-refractivity contribution is 0.0994. The second-order valence-electron chi connectivity index (χ2n) is 3.87. The van der Waals surface area contributed by atoms with Crippen LogP contribution in [0.1, 0.15) is 36.2 Å². The number of rotatable bonds is 2. The lowest BCUT2D eigenvalue weighted by Gasteiger charge is -2.12. The highest BCUT2D eigenvalue weighted by atomic mass is 16.5. The van der Waals surface area contributed by atoms with E-state index in [2.05, 4.69) is 0 Å². The minimum Gasteiger partial charge on any atom is -0.491 e.